The molecule has 1 atom stereocenters. The maximum atomic E-state index is 11.2. The van der Waals surface area contributed by atoms with Gasteiger partial charge in [-0.1, -0.05) is 17.4 Å². The number of aldehydes is 1. The smallest absolute Gasteiger partial charge is 0.248 e. The monoisotopic (exact) mass is 238 g/mol. The number of aryl methyl sites for hydroxylation is 1. The summed E-state index contributed by atoms with van der Waals surface area (Å²) in [5.74, 6) is 0. The minimum Gasteiger partial charge on any atom is -0.295 e. The third-order valence-corrected chi connectivity index (χ3v) is 4.43. The second-order valence-electron chi connectivity index (χ2n) is 3.37. The van der Waals surface area contributed by atoms with E-state index in [-0.39, 0.29) is 6.04 Å². The number of carbonyl (C=O) groups is 1. The highest BCUT2D eigenvalue weighted by Crippen LogP contribution is 2.19. The largest absolute Gasteiger partial charge is 0.295 e. The van der Waals surface area contributed by atoms with Crippen molar-refractivity contribution in [2.24, 2.45) is 0 Å². The molecule has 1 unspecified atom stereocenters. The molecule has 0 spiro atoms. The van der Waals surface area contributed by atoms with Gasteiger partial charge in [0.1, 0.15) is 0 Å². The van der Waals surface area contributed by atoms with Gasteiger partial charge in [0.15, 0.2) is 12.0 Å². The molecular weight excluding hydrogens is 226 g/mol. The van der Waals surface area contributed by atoms with E-state index in [2.05, 4.69) is 13.8 Å². The minimum atomic E-state index is -0.157. The van der Waals surface area contributed by atoms with E-state index >= 15 is 0 Å². The fourth-order valence-electron chi connectivity index (χ4n) is 1.49. The molecule has 0 fully saturated rings. The zero-order valence-corrected chi connectivity index (χ0v) is 10.3. The predicted octanol–water partition coefficient (Wildman–Crippen LogP) is 2.50. The summed E-state index contributed by atoms with van der Waals surface area (Å²) in [6.07, 6.45) is 1.00. The van der Waals surface area contributed by atoms with Gasteiger partial charge in [0.25, 0.3) is 0 Å². The number of aromatic nitrogens is 1. The Morgan fingerprint density at radius 3 is 2.67 bits per heavy atom. The number of hydrogen-bond acceptors (Lipinski definition) is 3. The van der Waals surface area contributed by atoms with E-state index in [1.165, 1.54) is 10.6 Å². The number of thiazole rings is 1. The van der Waals surface area contributed by atoms with E-state index in [4.69, 9.17) is 0 Å². The summed E-state index contributed by atoms with van der Waals surface area (Å²) in [6.45, 7) is 4.13. The second kappa shape index (κ2) is 4.24. The Balaban J connectivity index is 2.44. The van der Waals surface area contributed by atoms with Gasteiger partial charge in [0.2, 0.25) is 11.6 Å². The number of hydrogen-bond donors (Lipinski definition) is 0. The lowest BCUT2D eigenvalue weighted by Crippen LogP contribution is -2.41. The van der Waals surface area contributed by atoms with Gasteiger partial charge in [-0.25, -0.2) is 0 Å². The first-order chi connectivity index (χ1) is 7.24. The van der Waals surface area contributed by atoms with Gasteiger partial charge >= 0.3 is 0 Å². The molecule has 2 aromatic heterocycles. The van der Waals surface area contributed by atoms with Gasteiger partial charge < -0.3 is 0 Å². The quantitative estimate of drug-likeness (QED) is 0.594. The molecule has 0 aliphatic heterocycles. The SMILES string of the molecule is Cc1sc[n+](C(C=O)c2cccs2)c1C. The zero-order valence-electron chi connectivity index (χ0n) is 8.64. The normalized spacial score (nSPS) is 12.7. The fraction of sp³-hybridized carbons (Fsp3) is 0.273. The highest BCUT2D eigenvalue weighted by Gasteiger charge is 2.25. The van der Waals surface area contributed by atoms with Gasteiger partial charge in [-0.15, -0.1) is 11.3 Å². The number of thiophene rings is 1. The molecule has 2 aromatic rings. The fourth-order valence-corrected chi connectivity index (χ4v) is 3.10. The average molecular weight is 238 g/mol. The lowest BCUT2D eigenvalue weighted by atomic mass is 10.2. The molecule has 0 N–H and O–H groups in total. The van der Waals surface area contributed by atoms with Crippen LogP contribution in [-0.2, 0) is 4.79 Å². The first kappa shape index (κ1) is 10.5. The molecule has 2 heterocycles. The molecule has 15 heavy (non-hydrogen) atoms. The lowest BCUT2D eigenvalue weighted by Gasteiger charge is -2.01. The summed E-state index contributed by atoms with van der Waals surface area (Å²) < 4.78 is 2.04. The topological polar surface area (TPSA) is 20.9 Å². The Morgan fingerprint density at radius 2 is 2.20 bits per heavy atom. The molecule has 2 rings (SSSR count). The summed E-state index contributed by atoms with van der Waals surface area (Å²) >= 11 is 3.30. The average Bonchev–Trinajstić information content (AvgIpc) is 2.84. The van der Waals surface area contributed by atoms with Crippen molar-refractivity contribution in [3.05, 3.63) is 38.5 Å². The number of nitrogens with zero attached hydrogens (tertiary/aromatic N) is 1. The molecule has 0 saturated carbocycles. The lowest BCUT2D eigenvalue weighted by molar-refractivity contribution is -0.699. The van der Waals surface area contributed by atoms with Crippen LogP contribution in [0.25, 0.3) is 0 Å². The first-order valence-corrected chi connectivity index (χ1v) is 6.44. The van der Waals surface area contributed by atoms with Crippen LogP contribution in [0.15, 0.2) is 23.0 Å². The van der Waals surface area contributed by atoms with Crippen LogP contribution in [-0.4, -0.2) is 6.29 Å². The van der Waals surface area contributed by atoms with Crippen molar-refractivity contribution >= 4 is 29.0 Å². The second-order valence-corrected chi connectivity index (χ2v) is 5.41. The van der Waals surface area contributed by atoms with E-state index < -0.39 is 0 Å². The maximum absolute atomic E-state index is 11.2. The zero-order chi connectivity index (χ0) is 10.8. The molecule has 2 nitrogen and oxygen atoms in total. The van der Waals surface area contributed by atoms with Gasteiger partial charge in [-0.05, 0) is 18.4 Å². The molecule has 0 radical (unpaired) electrons. The minimum absolute atomic E-state index is 0.157. The van der Waals surface area contributed by atoms with Crippen molar-refractivity contribution in [1.29, 1.82) is 0 Å². The van der Waals surface area contributed by atoms with Crippen molar-refractivity contribution in [3.63, 3.8) is 0 Å². The van der Waals surface area contributed by atoms with Crippen LogP contribution in [0.3, 0.4) is 0 Å². The number of rotatable bonds is 3. The van der Waals surface area contributed by atoms with Crippen LogP contribution in [0.4, 0.5) is 0 Å². The molecule has 4 heteroatoms. The molecule has 0 aromatic carbocycles. The maximum Gasteiger partial charge on any atom is 0.248 e. The summed E-state index contributed by atoms with van der Waals surface area (Å²) in [7, 11) is 0. The van der Waals surface area contributed by atoms with E-state index in [0.29, 0.717) is 0 Å². The third kappa shape index (κ3) is 1.87. The molecular formula is C11H12NOS2+. The molecule has 0 aliphatic rings. The van der Waals surface area contributed by atoms with E-state index in [1.54, 1.807) is 22.7 Å². The first-order valence-electron chi connectivity index (χ1n) is 4.68. The van der Waals surface area contributed by atoms with Gasteiger partial charge in [-0.2, -0.15) is 4.57 Å². The van der Waals surface area contributed by atoms with E-state index in [1.807, 2.05) is 27.6 Å². The predicted molar refractivity (Wildman–Crippen MR) is 62.5 cm³/mol. The Morgan fingerprint density at radius 1 is 1.40 bits per heavy atom. The molecule has 0 amide bonds. The van der Waals surface area contributed by atoms with E-state index in [0.717, 1.165) is 11.2 Å². The molecule has 0 saturated heterocycles. The van der Waals surface area contributed by atoms with Gasteiger partial charge in [0.05, 0.1) is 9.75 Å². The van der Waals surface area contributed by atoms with Crippen LogP contribution in [0.5, 0.6) is 0 Å². The Kier molecular flexibility index (Phi) is 2.98. The van der Waals surface area contributed by atoms with Crippen LogP contribution in [0.2, 0.25) is 0 Å². The van der Waals surface area contributed by atoms with Crippen LogP contribution < -0.4 is 4.57 Å². The Bertz CT molecular complexity index is 459. The molecule has 78 valence electrons. The van der Waals surface area contributed by atoms with Crippen LogP contribution in [0, 0.1) is 13.8 Å². The van der Waals surface area contributed by atoms with Crippen molar-refractivity contribution < 1.29 is 9.36 Å². The van der Waals surface area contributed by atoms with Crippen LogP contribution in [0.1, 0.15) is 21.5 Å². The van der Waals surface area contributed by atoms with E-state index in [9.17, 15) is 4.79 Å². The standard InChI is InChI=1S/C11H12NOS2/c1-8-9(2)15-7-12(8)10(6-13)11-4-3-5-14-11/h3-7,10H,1-2H3/q+1. The van der Waals surface area contributed by atoms with Gasteiger partial charge in [-0.3, -0.25) is 4.79 Å². The summed E-state index contributed by atoms with van der Waals surface area (Å²) in [4.78, 5) is 13.5. The summed E-state index contributed by atoms with van der Waals surface area (Å²) in [6, 6.07) is 3.82. The highest BCUT2D eigenvalue weighted by molar-refractivity contribution is 7.10. The molecule has 0 bridgehead atoms. The summed E-state index contributed by atoms with van der Waals surface area (Å²) in [5.41, 5.74) is 3.19. The third-order valence-electron chi connectivity index (χ3n) is 2.50. The van der Waals surface area contributed by atoms with Crippen LogP contribution >= 0.6 is 22.7 Å². The Hall–Kier alpha value is -1.00. The highest BCUT2D eigenvalue weighted by atomic mass is 32.1. The van der Waals surface area contributed by atoms with Crippen molar-refractivity contribution in [1.82, 2.24) is 0 Å². The van der Waals surface area contributed by atoms with Crippen molar-refractivity contribution in [2.45, 2.75) is 19.9 Å². The number of carbonyl (C=O) groups excluding carboxylic acids is 1. The molecule has 0 aliphatic carbocycles. The van der Waals surface area contributed by atoms with Crippen molar-refractivity contribution in [3.8, 4) is 0 Å². The summed E-state index contributed by atoms with van der Waals surface area (Å²) in [5, 5.41) is 2.00. The van der Waals surface area contributed by atoms with Crippen molar-refractivity contribution in [2.75, 3.05) is 0 Å². The van der Waals surface area contributed by atoms with Gasteiger partial charge in [0, 0.05) is 6.92 Å². The Labute approximate surface area is 96.8 Å².